The molecule has 2 saturated carbocycles. The molecule has 0 bridgehead atoms. The van der Waals surface area contributed by atoms with E-state index < -0.39 is 0 Å². The minimum Gasteiger partial charge on any atom is -0.338 e. The zero-order valence-corrected chi connectivity index (χ0v) is 10.7. The molecule has 1 atom stereocenters. The van der Waals surface area contributed by atoms with Gasteiger partial charge in [-0.15, -0.1) is 0 Å². The number of likely N-dealkylation sites (tertiary alicyclic amines) is 1. The van der Waals surface area contributed by atoms with Crippen molar-refractivity contribution in [1.82, 2.24) is 10.2 Å². The summed E-state index contributed by atoms with van der Waals surface area (Å²) >= 11 is 0. The lowest BCUT2D eigenvalue weighted by atomic mass is 9.79. The second-order valence-electron chi connectivity index (χ2n) is 6.06. The zero-order chi connectivity index (χ0) is 11.7. The third-order valence-electron chi connectivity index (χ3n) is 4.72. The van der Waals surface area contributed by atoms with E-state index in [0.29, 0.717) is 18.5 Å². The van der Waals surface area contributed by atoms with E-state index in [2.05, 4.69) is 10.2 Å². The van der Waals surface area contributed by atoms with Crippen molar-refractivity contribution >= 4 is 5.91 Å². The minimum atomic E-state index is 0.347. The van der Waals surface area contributed by atoms with Crippen LogP contribution in [0.5, 0.6) is 0 Å². The fraction of sp³-hybridized carbons (Fsp3) is 0.929. The summed E-state index contributed by atoms with van der Waals surface area (Å²) in [7, 11) is 0. The molecule has 3 fully saturated rings. The molecular formula is C14H24N2O. The molecule has 3 heteroatoms. The van der Waals surface area contributed by atoms with E-state index in [1.54, 1.807) is 0 Å². The Hall–Kier alpha value is -0.570. The third kappa shape index (κ3) is 2.65. The van der Waals surface area contributed by atoms with Gasteiger partial charge in [0.05, 0.1) is 6.54 Å². The highest BCUT2D eigenvalue weighted by Crippen LogP contribution is 2.37. The van der Waals surface area contributed by atoms with Crippen LogP contribution in [-0.2, 0) is 4.79 Å². The first-order valence-corrected chi connectivity index (χ1v) is 7.35. The number of carbonyl (C=O) groups excluding carboxylic acids is 1. The van der Waals surface area contributed by atoms with Gasteiger partial charge in [-0.05, 0) is 56.9 Å². The first-order chi connectivity index (χ1) is 8.34. The largest absolute Gasteiger partial charge is 0.338 e. The highest BCUT2D eigenvalue weighted by molar-refractivity contribution is 5.79. The van der Waals surface area contributed by atoms with Crippen LogP contribution in [0.1, 0.15) is 44.9 Å². The molecule has 3 rings (SSSR count). The van der Waals surface area contributed by atoms with Gasteiger partial charge in [-0.2, -0.15) is 0 Å². The fourth-order valence-electron chi connectivity index (χ4n) is 3.22. The van der Waals surface area contributed by atoms with Crippen LogP contribution in [0.15, 0.2) is 0 Å². The Morgan fingerprint density at radius 1 is 1.12 bits per heavy atom. The van der Waals surface area contributed by atoms with E-state index >= 15 is 0 Å². The van der Waals surface area contributed by atoms with Crippen LogP contribution in [0.4, 0.5) is 0 Å². The Labute approximate surface area is 104 Å². The molecule has 1 N–H and O–H groups in total. The van der Waals surface area contributed by atoms with Gasteiger partial charge in [-0.25, -0.2) is 0 Å². The summed E-state index contributed by atoms with van der Waals surface area (Å²) in [5.74, 6) is 2.04. The molecule has 17 heavy (non-hydrogen) atoms. The second kappa shape index (κ2) is 4.97. The summed E-state index contributed by atoms with van der Waals surface area (Å²) in [4.78, 5) is 14.3. The van der Waals surface area contributed by atoms with Crippen LogP contribution in [0.2, 0.25) is 0 Å². The molecule has 96 valence electrons. The van der Waals surface area contributed by atoms with Gasteiger partial charge in [0.25, 0.3) is 0 Å². The van der Waals surface area contributed by atoms with Crippen molar-refractivity contribution in [2.24, 2.45) is 11.8 Å². The Kier molecular flexibility index (Phi) is 3.37. The highest BCUT2D eigenvalue weighted by atomic mass is 16.2. The maximum atomic E-state index is 12.2. The predicted octanol–water partition coefficient (Wildman–Crippen LogP) is 1.78. The summed E-state index contributed by atoms with van der Waals surface area (Å²) in [5, 5.41) is 3.33. The maximum absolute atomic E-state index is 12.2. The average molecular weight is 236 g/mol. The van der Waals surface area contributed by atoms with Crippen molar-refractivity contribution in [1.29, 1.82) is 0 Å². The molecule has 3 aliphatic rings. The van der Waals surface area contributed by atoms with Gasteiger partial charge >= 0.3 is 0 Å². The normalized spacial score (nSPS) is 29.4. The summed E-state index contributed by atoms with van der Waals surface area (Å²) in [5.41, 5.74) is 0. The van der Waals surface area contributed by atoms with Crippen molar-refractivity contribution < 1.29 is 4.79 Å². The lowest BCUT2D eigenvalue weighted by molar-refractivity contribution is -0.132. The van der Waals surface area contributed by atoms with Gasteiger partial charge in [0.15, 0.2) is 0 Å². The number of hydrogen-bond acceptors (Lipinski definition) is 2. The van der Waals surface area contributed by atoms with Gasteiger partial charge in [-0.3, -0.25) is 4.79 Å². The van der Waals surface area contributed by atoms with Crippen LogP contribution >= 0.6 is 0 Å². The van der Waals surface area contributed by atoms with Gasteiger partial charge in [-0.1, -0.05) is 6.42 Å². The summed E-state index contributed by atoms with van der Waals surface area (Å²) < 4.78 is 0. The molecule has 0 radical (unpaired) electrons. The van der Waals surface area contributed by atoms with Gasteiger partial charge < -0.3 is 10.2 Å². The Bertz CT molecular complexity index is 284. The summed E-state index contributed by atoms with van der Waals surface area (Å²) in [6.07, 6.45) is 9.26. The quantitative estimate of drug-likeness (QED) is 0.789. The zero-order valence-electron chi connectivity index (χ0n) is 10.7. The Morgan fingerprint density at radius 2 is 1.94 bits per heavy atom. The molecule has 0 aromatic carbocycles. The first kappa shape index (κ1) is 11.5. The van der Waals surface area contributed by atoms with Crippen molar-refractivity contribution in [2.75, 3.05) is 19.6 Å². The summed E-state index contributed by atoms with van der Waals surface area (Å²) in [6, 6.07) is 0.582. The molecule has 3 nitrogen and oxygen atoms in total. The average Bonchev–Trinajstić information content (AvgIpc) is 2.94. The Balaban J connectivity index is 1.45. The van der Waals surface area contributed by atoms with Crippen LogP contribution in [0.3, 0.4) is 0 Å². The Morgan fingerprint density at radius 3 is 2.59 bits per heavy atom. The van der Waals surface area contributed by atoms with Crippen LogP contribution < -0.4 is 5.32 Å². The van der Waals surface area contributed by atoms with E-state index in [1.807, 2.05) is 0 Å². The monoisotopic (exact) mass is 236 g/mol. The molecule has 1 unspecified atom stereocenters. The number of carbonyl (C=O) groups is 1. The standard InChI is InChI=1S/C14H24N2O/c17-14(10-15-9-11-6-7-11)16-8-2-5-13(16)12-3-1-4-12/h11-13,15H,1-10H2. The number of rotatable bonds is 5. The molecular weight excluding hydrogens is 212 g/mol. The van der Waals surface area contributed by atoms with Crippen molar-refractivity contribution in [2.45, 2.75) is 51.0 Å². The lowest BCUT2D eigenvalue weighted by Gasteiger charge is -2.37. The second-order valence-corrected chi connectivity index (χ2v) is 6.06. The van der Waals surface area contributed by atoms with Crippen LogP contribution in [-0.4, -0.2) is 36.5 Å². The van der Waals surface area contributed by atoms with Gasteiger partial charge in [0.1, 0.15) is 0 Å². The molecule has 1 aliphatic heterocycles. The maximum Gasteiger partial charge on any atom is 0.236 e. The number of amides is 1. The smallest absolute Gasteiger partial charge is 0.236 e. The molecule has 1 heterocycles. The fourth-order valence-corrected chi connectivity index (χ4v) is 3.22. The molecule has 0 aromatic heterocycles. The number of nitrogens with one attached hydrogen (secondary N) is 1. The van der Waals surface area contributed by atoms with Crippen molar-refractivity contribution in [3.8, 4) is 0 Å². The molecule has 1 saturated heterocycles. The number of nitrogens with zero attached hydrogens (tertiary/aromatic N) is 1. The third-order valence-corrected chi connectivity index (χ3v) is 4.72. The van der Waals surface area contributed by atoms with Gasteiger partial charge in [0, 0.05) is 12.6 Å². The predicted molar refractivity (Wildman–Crippen MR) is 67.7 cm³/mol. The van der Waals surface area contributed by atoms with E-state index in [9.17, 15) is 4.79 Å². The van der Waals surface area contributed by atoms with E-state index in [4.69, 9.17) is 0 Å². The minimum absolute atomic E-state index is 0.347. The van der Waals surface area contributed by atoms with E-state index in [0.717, 1.165) is 24.9 Å². The molecule has 2 aliphatic carbocycles. The molecule has 0 aromatic rings. The van der Waals surface area contributed by atoms with Gasteiger partial charge in [0.2, 0.25) is 5.91 Å². The number of hydrogen-bond donors (Lipinski definition) is 1. The van der Waals surface area contributed by atoms with Crippen molar-refractivity contribution in [3.05, 3.63) is 0 Å². The summed E-state index contributed by atoms with van der Waals surface area (Å²) in [6.45, 7) is 2.62. The van der Waals surface area contributed by atoms with Crippen molar-refractivity contribution in [3.63, 3.8) is 0 Å². The van der Waals surface area contributed by atoms with Crippen LogP contribution in [0, 0.1) is 11.8 Å². The molecule has 0 spiro atoms. The van der Waals surface area contributed by atoms with E-state index in [1.165, 1.54) is 44.9 Å². The van der Waals surface area contributed by atoms with E-state index in [-0.39, 0.29) is 0 Å². The highest BCUT2D eigenvalue weighted by Gasteiger charge is 2.36. The molecule has 1 amide bonds. The van der Waals surface area contributed by atoms with Crippen LogP contribution in [0.25, 0.3) is 0 Å². The SMILES string of the molecule is O=C(CNCC1CC1)N1CCCC1C1CCC1. The first-order valence-electron chi connectivity index (χ1n) is 7.35. The lowest BCUT2D eigenvalue weighted by Crippen LogP contribution is -2.45. The topological polar surface area (TPSA) is 32.3 Å².